The molecule has 0 bridgehead atoms. The van der Waals surface area contributed by atoms with Crippen LogP contribution in [0.25, 0.3) is 0 Å². The zero-order chi connectivity index (χ0) is 23.2. The van der Waals surface area contributed by atoms with Crippen LogP contribution in [0.1, 0.15) is 59.5 Å². The fraction of sp³-hybridized carbons (Fsp3) is 0.478. The summed E-state index contributed by atoms with van der Waals surface area (Å²) < 4.78 is 4.43. The van der Waals surface area contributed by atoms with Gasteiger partial charge in [0.2, 0.25) is 0 Å². The maximum Gasteiger partial charge on any atom is 0.356 e. The standard InChI is InChI=1S/C11H14N2O2.C7H6ClNO2.C5H11N/c14-11(15)10-8-9(4-5-12-10)13-6-2-1-3-7-13;1-11-7(10)6-4-5(8)2-3-9-6;1-2-4-6-5-3-1/h4-5,8H,1-3,6-7H2,(H,14,15);2-4H,1H3;6H,1-5H2. The van der Waals surface area contributed by atoms with E-state index in [1.165, 1.54) is 71.0 Å². The van der Waals surface area contributed by atoms with Crippen molar-refractivity contribution in [3.8, 4) is 0 Å². The van der Waals surface area contributed by atoms with Crippen LogP contribution in [0.15, 0.2) is 36.7 Å². The number of aromatic carboxylic acids is 1. The molecule has 9 heteroatoms. The maximum absolute atomic E-state index is 10.8. The smallest absolute Gasteiger partial charge is 0.356 e. The molecular formula is C23H31ClN4O4. The van der Waals surface area contributed by atoms with Crippen LogP contribution in [0, 0.1) is 0 Å². The Bertz CT molecular complexity index is 844. The summed E-state index contributed by atoms with van der Waals surface area (Å²) in [6.07, 6.45) is 10.9. The lowest BCUT2D eigenvalue weighted by Gasteiger charge is -2.28. The normalized spacial score (nSPS) is 15.4. The minimum absolute atomic E-state index is 0.123. The highest BCUT2D eigenvalue weighted by Gasteiger charge is 2.13. The lowest BCUT2D eigenvalue weighted by molar-refractivity contribution is 0.0593. The van der Waals surface area contributed by atoms with Crippen LogP contribution in [0.2, 0.25) is 5.02 Å². The number of hydrogen-bond acceptors (Lipinski definition) is 7. The average Bonchev–Trinajstić information content (AvgIpc) is 2.86. The zero-order valence-electron chi connectivity index (χ0n) is 18.4. The van der Waals surface area contributed by atoms with Crippen LogP contribution in [0.3, 0.4) is 0 Å². The van der Waals surface area contributed by atoms with Crippen molar-refractivity contribution in [2.45, 2.75) is 38.5 Å². The summed E-state index contributed by atoms with van der Waals surface area (Å²) in [7, 11) is 1.30. The topological polar surface area (TPSA) is 105 Å². The minimum Gasteiger partial charge on any atom is -0.477 e. The van der Waals surface area contributed by atoms with Gasteiger partial charge in [-0.3, -0.25) is 0 Å². The molecular weight excluding hydrogens is 432 g/mol. The van der Waals surface area contributed by atoms with Gasteiger partial charge in [-0.05, 0) is 69.5 Å². The number of carboxylic acids is 1. The molecule has 8 nitrogen and oxygen atoms in total. The van der Waals surface area contributed by atoms with Gasteiger partial charge in [-0.25, -0.2) is 19.6 Å². The molecule has 2 saturated heterocycles. The molecule has 32 heavy (non-hydrogen) atoms. The van der Waals surface area contributed by atoms with Crippen molar-refractivity contribution in [1.82, 2.24) is 15.3 Å². The number of aromatic nitrogens is 2. The molecule has 4 heterocycles. The summed E-state index contributed by atoms with van der Waals surface area (Å²) in [5.74, 6) is -1.44. The summed E-state index contributed by atoms with van der Waals surface area (Å²) in [5.41, 5.74) is 1.32. The Hall–Kier alpha value is -2.71. The number of rotatable bonds is 3. The van der Waals surface area contributed by atoms with Crippen LogP contribution in [-0.2, 0) is 4.74 Å². The monoisotopic (exact) mass is 462 g/mol. The van der Waals surface area contributed by atoms with Gasteiger partial charge in [-0.1, -0.05) is 18.0 Å². The fourth-order valence-electron chi connectivity index (χ4n) is 3.31. The molecule has 2 fully saturated rings. The van der Waals surface area contributed by atoms with Crippen molar-refractivity contribution in [2.75, 3.05) is 38.2 Å². The molecule has 0 radical (unpaired) electrons. The van der Waals surface area contributed by atoms with E-state index in [-0.39, 0.29) is 11.4 Å². The highest BCUT2D eigenvalue weighted by Crippen LogP contribution is 2.19. The van der Waals surface area contributed by atoms with Gasteiger partial charge < -0.3 is 20.1 Å². The van der Waals surface area contributed by atoms with Crippen LogP contribution in [0.5, 0.6) is 0 Å². The van der Waals surface area contributed by atoms with Crippen molar-refractivity contribution >= 4 is 29.2 Å². The summed E-state index contributed by atoms with van der Waals surface area (Å²) in [6, 6.07) is 6.56. The number of carbonyl (C=O) groups excluding carboxylic acids is 1. The number of carbonyl (C=O) groups is 2. The van der Waals surface area contributed by atoms with Gasteiger partial charge in [0.05, 0.1) is 7.11 Å². The molecule has 2 aromatic heterocycles. The number of ether oxygens (including phenoxy) is 1. The molecule has 2 aliphatic rings. The molecule has 174 valence electrons. The van der Waals surface area contributed by atoms with Gasteiger partial charge in [-0.15, -0.1) is 0 Å². The van der Waals surface area contributed by atoms with E-state index < -0.39 is 11.9 Å². The largest absolute Gasteiger partial charge is 0.477 e. The second-order valence-electron chi connectivity index (χ2n) is 7.41. The Labute approximate surface area is 194 Å². The number of carboxylic acid groups (broad SMARTS) is 1. The van der Waals surface area contributed by atoms with Crippen LogP contribution < -0.4 is 10.2 Å². The lowest BCUT2D eigenvalue weighted by atomic mass is 10.1. The van der Waals surface area contributed by atoms with Crippen molar-refractivity contribution < 1.29 is 19.4 Å². The van der Waals surface area contributed by atoms with Gasteiger partial charge in [0.1, 0.15) is 11.4 Å². The van der Waals surface area contributed by atoms with Crippen molar-refractivity contribution in [3.05, 3.63) is 53.1 Å². The van der Waals surface area contributed by atoms with E-state index in [1.54, 1.807) is 18.3 Å². The Morgan fingerprint density at radius 3 is 2.12 bits per heavy atom. The number of anilines is 1. The summed E-state index contributed by atoms with van der Waals surface area (Å²) in [6.45, 7) is 4.53. The molecule has 2 aliphatic heterocycles. The number of piperidine rings is 2. The van der Waals surface area contributed by atoms with E-state index in [9.17, 15) is 9.59 Å². The minimum atomic E-state index is -0.964. The van der Waals surface area contributed by atoms with E-state index in [4.69, 9.17) is 16.7 Å². The average molecular weight is 463 g/mol. The van der Waals surface area contributed by atoms with Gasteiger partial charge in [-0.2, -0.15) is 0 Å². The molecule has 0 amide bonds. The molecule has 4 rings (SSSR count). The first-order chi connectivity index (χ1) is 15.5. The second kappa shape index (κ2) is 14.4. The lowest BCUT2D eigenvalue weighted by Crippen LogP contribution is -2.29. The third-order valence-corrected chi connectivity index (χ3v) is 5.24. The summed E-state index contributed by atoms with van der Waals surface area (Å²) in [4.78, 5) is 31.4. The highest BCUT2D eigenvalue weighted by molar-refractivity contribution is 6.30. The molecule has 2 aromatic rings. The Morgan fingerprint density at radius 1 is 0.969 bits per heavy atom. The summed E-state index contributed by atoms with van der Waals surface area (Å²) >= 11 is 5.60. The first-order valence-electron chi connectivity index (χ1n) is 10.9. The van der Waals surface area contributed by atoms with Crippen LogP contribution in [0.4, 0.5) is 5.69 Å². The van der Waals surface area contributed by atoms with E-state index >= 15 is 0 Å². The Kier molecular flexibility index (Phi) is 11.5. The quantitative estimate of drug-likeness (QED) is 0.658. The molecule has 0 saturated carbocycles. The number of nitrogens with one attached hydrogen (secondary N) is 1. The number of methoxy groups -OCH3 is 1. The van der Waals surface area contributed by atoms with Gasteiger partial charge in [0.25, 0.3) is 0 Å². The third kappa shape index (κ3) is 9.20. The fourth-order valence-corrected chi connectivity index (χ4v) is 3.47. The number of pyridine rings is 2. The van der Waals surface area contributed by atoms with Crippen molar-refractivity contribution in [1.29, 1.82) is 0 Å². The SMILES string of the molecule is C1CCNCC1.COC(=O)c1cc(Cl)ccn1.O=C(O)c1cc(N2CCCCC2)ccn1. The molecule has 0 unspecified atom stereocenters. The first kappa shape index (κ1) is 25.5. The maximum atomic E-state index is 10.8. The Morgan fingerprint density at radius 2 is 1.59 bits per heavy atom. The molecule has 0 aromatic carbocycles. The van der Waals surface area contributed by atoms with Gasteiger partial charge in [0, 0.05) is 36.2 Å². The third-order valence-electron chi connectivity index (χ3n) is 5.01. The number of nitrogens with zero attached hydrogens (tertiary/aromatic N) is 3. The molecule has 0 atom stereocenters. The molecule has 0 spiro atoms. The summed E-state index contributed by atoms with van der Waals surface area (Å²) in [5, 5.41) is 12.6. The van der Waals surface area contributed by atoms with Gasteiger partial charge >= 0.3 is 11.9 Å². The highest BCUT2D eigenvalue weighted by atomic mass is 35.5. The van der Waals surface area contributed by atoms with E-state index in [1.807, 2.05) is 6.07 Å². The number of hydrogen-bond donors (Lipinski definition) is 2. The Balaban J connectivity index is 0.000000187. The number of esters is 1. The van der Waals surface area contributed by atoms with Crippen LogP contribution in [-0.4, -0.2) is 60.3 Å². The first-order valence-corrected chi connectivity index (χ1v) is 11.2. The second-order valence-corrected chi connectivity index (χ2v) is 7.85. The van der Waals surface area contributed by atoms with E-state index in [0.717, 1.165) is 18.8 Å². The number of halogens is 1. The predicted octanol–water partition coefficient (Wildman–Crippen LogP) is 4.05. The molecule has 2 N–H and O–H groups in total. The zero-order valence-corrected chi connectivity index (χ0v) is 19.2. The molecule has 0 aliphatic carbocycles. The van der Waals surface area contributed by atoms with E-state index in [0.29, 0.717) is 5.02 Å². The van der Waals surface area contributed by atoms with Crippen molar-refractivity contribution in [2.24, 2.45) is 0 Å². The predicted molar refractivity (Wildman–Crippen MR) is 125 cm³/mol. The van der Waals surface area contributed by atoms with Gasteiger partial charge in [0.15, 0.2) is 0 Å². The van der Waals surface area contributed by atoms with Crippen LogP contribution >= 0.6 is 11.6 Å². The van der Waals surface area contributed by atoms with E-state index in [2.05, 4.69) is 24.9 Å². The van der Waals surface area contributed by atoms with Crippen molar-refractivity contribution in [3.63, 3.8) is 0 Å².